The number of nitrogens with zero attached hydrogens (tertiary/aromatic N) is 7. The molecule has 0 aliphatic carbocycles. The highest BCUT2D eigenvalue weighted by Crippen LogP contribution is 2.42. The molecule has 0 radical (unpaired) electrons. The van der Waals surface area contributed by atoms with Gasteiger partial charge in [-0.15, -0.1) is 0 Å². The average molecular weight is 644 g/mol. The first-order valence-electron chi connectivity index (χ1n) is 16.9. The van der Waals surface area contributed by atoms with E-state index in [2.05, 4.69) is 154 Å². The molecule has 7 heteroatoms. The van der Waals surface area contributed by atoms with Crippen LogP contribution in [0.2, 0.25) is 0 Å². The third-order valence-corrected chi connectivity index (χ3v) is 9.33. The van der Waals surface area contributed by atoms with E-state index in [9.17, 15) is 0 Å². The van der Waals surface area contributed by atoms with Gasteiger partial charge in [-0.2, -0.15) is 0 Å². The highest BCUT2D eigenvalue weighted by molar-refractivity contribution is 5.95. The van der Waals surface area contributed by atoms with Crippen LogP contribution >= 0.6 is 0 Å². The molecule has 8 aromatic rings. The zero-order valence-corrected chi connectivity index (χ0v) is 29.4. The van der Waals surface area contributed by atoms with Gasteiger partial charge in [0.25, 0.3) is 0 Å². The number of fused-ring (bicyclic) bond motifs is 6. The lowest BCUT2D eigenvalue weighted by Gasteiger charge is -2.24. The van der Waals surface area contributed by atoms with Crippen LogP contribution in [0.4, 0.5) is 17.3 Å². The van der Waals surface area contributed by atoms with Crippen molar-refractivity contribution in [1.82, 2.24) is 28.7 Å². The van der Waals surface area contributed by atoms with Crippen molar-refractivity contribution in [3.8, 4) is 11.1 Å². The third-order valence-electron chi connectivity index (χ3n) is 9.33. The van der Waals surface area contributed by atoms with Crippen molar-refractivity contribution in [1.29, 1.82) is 0 Å². The van der Waals surface area contributed by atoms with Crippen molar-refractivity contribution in [2.24, 2.45) is 0 Å². The van der Waals surface area contributed by atoms with Gasteiger partial charge in [-0.05, 0) is 61.4 Å². The number of benzene rings is 4. The lowest BCUT2D eigenvalue weighted by Crippen LogP contribution is -2.20. The van der Waals surface area contributed by atoms with Gasteiger partial charge in [-0.1, -0.05) is 108 Å². The summed E-state index contributed by atoms with van der Waals surface area (Å²) in [6, 6.07) is 35.8. The predicted octanol–water partition coefficient (Wildman–Crippen LogP) is 10.4. The number of hydrogen-bond acceptors (Lipinski definition) is 5. The lowest BCUT2D eigenvalue weighted by molar-refractivity contribution is 0.537. The molecule has 0 aliphatic rings. The smallest absolute Gasteiger partial charge is 0.161 e. The van der Waals surface area contributed by atoms with Gasteiger partial charge >= 0.3 is 0 Å². The summed E-state index contributed by atoms with van der Waals surface area (Å²) in [4.78, 5) is 23.6. The molecule has 0 spiro atoms. The van der Waals surface area contributed by atoms with Crippen LogP contribution in [0.15, 0.2) is 103 Å². The van der Waals surface area contributed by atoms with Gasteiger partial charge in [0.2, 0.25) is 0 Å². The summed E-state index contributed by atoms with van der Waals surface area (Å²) in [5.41, 5.74) is 8.50. The normalized spacial score (nSPS) is 12.5. The molecule has 0 atom stereocenters. The van der Waals surface area contributed by atoms with E-state index < -0.39 is 0 Å². The summed E-state index contributed by atoms with van der Waals surface area (Å²) in [5, 5.41) is 2.03. The minimum Gasteiger partial charge on any atom is -0.282 e. The molecule has 8 rings (SSSR count). The van der Waals surface area contributed by atoms with Crippen LogP contribution in [0, 0.1) is 13.8 Å². The minimum atomic E-state index is -0.224. The monoisotopic (exact) mass is 643 g/mol. The molecule has 4 aromatic heterocycles. The van der Waals surface area contributed by atoms with E-state index in [0.717, 1.165) is 79.0 Å². The van der Waals surface area contributed by atoms with Gasteiger partial charge in [0.05, 0.1) is 22.4 Å². The number of rotatable bonds is 4. The van der Waals surface area contributed by atoms with Crippen LogP contribution in [0.5, 0.6) is 0 Å². The Morgan fingerprint density at radius 2 is 0.878 bits per heavy atom. The molecule has 0 bridgehead atoms. The topological polar surface area (TPSA) is 63.6 Å². The van der Waals surface area contributed by atoms with Crippen molar-refractivity contribution in [2.45, 2.75) is 66.2 Å². The van der Waals surface area contributed by atoms with Crippen molar-refractivity contribution < 1.29 is 0 Å². The first kappa shape index (κ1) is 30.8. The Balaban J connectivity index is 1.46. The fraction of sp³-hybridized carbons (Fsp3) is 0.238. The van der Waals surface area contributed by atoms with E-state index in [0.29, 0.717) is 0 Å². The quantitative estimate of drug-likeness (QED) is 0.191. The van der Waals surface area contributed by atoms with Crippen LogP contribution < -0.4 is 4.90 Å². The molecular weight excluding hydrogens is 603 g/mol. The zero-order valence-electron chi connectivity index (χ0n) is 29.4. The Labute approximate surface area is 286 Å². The van der Waals surface area contributed by atoms with Gasteiger partial charge in [0, 0.05) is 27.3 Å². The molecule has 49 heavy (non-hydrogen) atoms. The standard InChI is InChI=1S/C42H41N7/c1-26-35(45-37-31-18-12-14-20-33(31)43-39(47(26)37)41(3,4)5)49(30-24-22-29(23-25-30)28-16-10-9-11-17-28)36-27(2)48-38(46-36)32-19-13-15-21-34(32)44-40(48)42(6,7)8/h9-25H,1-8H3. The summed E-state index contributed by atoms with van der Waals surface area (Å²) in [6.07, 6.45) is 0. The molecule has 0 amide bonds. The van der Waals surface area contributed by atoms with Crippen molar-refractivity contribution in [3.05, 3.63) is 126 Å². The highest BCUT2D eigenvalue weighted by atomic mass is 15.3. The van der Waals surface area contributed by atoms with Crippen LogP contribution in [0.25, 0.3) is 44.2 Å². The summed E-state index contributed by atoms with van der Waals surface area (Å²) in [7, 11) is 0. The Kier molecular flexibility index (Phi) is 6.90. The van der Waals surface area contributed by atoms with Crippen LogP contribution in [0.1, 0.15) is 64.6 Å². The van der Waals surface area contributed by atoms with Crippen LogP contribution in [-0.2, 0) is 10.8 Å². The number of hydrogen-bond donors (Lipinski definition) is 0. The molecule has 0 saturated heterocycles. The molecule has 0 saturated carbocycles. The molecule has 4 aromatic carbocycles. The average Bonchev–Trinajstić information content (AvgIpc) is 3.61. The molecule has 0 N–H and O–H groups in total. The van der Waals surface area contributed by atoms with Gasteiger partial charge < -0.3 is 0 Å². The number of anilines is 3. The first-order chi connectivity index (χ1) is 23.4. The fourth-order valence-corrected chi connectivity index (χ4v) is 6.92. The van der Waals surface area contributed by atoms with Gasteiger partial charge in [0.15, 0.2) is 11.6 Å². The van der Waals surface area contributed by atoms with Crippen LogP contribution in [-0.4, -0.2) is 28.7 Å². The molecule has 4 heterocycles. The van der Waals surface area contributed by atoms with Crippen molar-refractivity contribution in [3.63, 3.8) is 0 Å². The van der Waals surface area contributed by atoms with Gasteiger partial charge in [-0.3, -0.25) is 13.7 Å². The van der Waals surface area contributed by atoms with E-state index in [4.69, 9.17) is 19.9 Å². The van der Waals surface area contributed by atoms with E-state index in [1.165, 1.54) is 5.56 Å². The number of para-hydroxylation sites is 2. The Bertz CT molecular complexity index is 2390. The fourth-order valence-electron chi connectivity index (χ4n) is 6.92. The Hall–Kier alpha value is -5.56. The maximum atomic E-state index is 5.48. The summed E-state index contributed by atoms with van der Waals surface area (Å²) in [5.74, 6) is 3.57. The summed E-state index contributed by atoms with van der Waals surface area (Å²) < 4.78 is 4.48. The van der Waals surface area contributed by atoms with E-state index >= 15 is 0 Å². The minimum absolute atomic E-state index is 0.224. The highest BCUT2D eigenvalue weighted by Gasteiger charge is 2.31. The third kappa shape index (κ3) is 4.95. The van der Waals surface area contributed by atoms with Crippen molar-refractivity contribution in [2.75, 3.05) is 4.90 Å². The number of aromatic nitrogens is 6. The Morgan fingerprint density at radius 3 is 1.33 bits per heavy atom. The van der Waals surface area contributed by atoms with Gasteiger partial charge in [-0.25, -0.2) is 19.9 Å². The van der Waals surface area contributed by atoms with E-state index in [1.54, 1.807) is 0 Å². The molecule has 0 fully saturated rings. The van der Waals surface area contributed by atoms with Gasteiger partial charge in [0.1, 0.15) is 22.9 Å². The van der Waals surface area contributed by atoms with Crippen molar-refractivity contribution >= 4 is 50.4 Å². The predicted molar refractivity (Wildman–Crippen MR) is 202 cm³/mol. The maximum Gasteiger partial charge on any atom is 0.161 e. The maximum absolute atomic E-state index is 5.48. The number of imidazole rings is 2. The second-order valence-electron chi connectivity index (χ2n) is 15.0. The van der Waals surface area contributed by atoms with Crippen LogP contribution in [0.3, 0.4) is 0 Å². The second kappa shape index (κ2) is 11.0. The second-order valence-corrected chi connectivity index (χ2v) is 15.0. The number of aryl methyl sites for hydroxylation is 2. The Morgan fingerprint density at radius 1 is 0.469 bits per heavy atom. The SMILES string of the molecule is Cc1c(N(c2ccc(-c3ccccc3)cc2)c2nc3c4ccccc4nc(C(C)(C)C)n3c2C)nc2c3ccccc3nc(C(C)(C)C)n12. The van der Waals surface area contributed by atoms with E-state index in [1.807, 2.05) is 18.2 Å². The molecule has 244 valence electrons. The largest absolute Gasteiger partial charge is 0.282 e. The summed E-state index contributed by atoms with van der Waals surface area (Å²) in [6.45, 7) is 17.6. The summed E-state index contributed by atoms with van der Waals surface area (Å²) >= 11 is 0. The molecule has 7 nitrogen and oxygen atoms in total. The first-order valence-corrected chi connectivity index (χ1v) is 16.9. The molecular formula is C42H41N7. The molecule has 0 unspecified atom stereocenters. The lowest BCUT2D eigenvalue weighted by atomic mass is 9.95. The zero-order chi connectivity index (χ0) is 34.2. The molecule has 0 aliphatic heterocycles. The van der Waals surface area contributed by atoms with E-state index in [-0.39, 0.29) is 10.8 Å².